The number of halogens is 1. The van der Waals surface area contributed by atoms with Crippen LogP contribution in [0.4, 0.5) is 4.39 Å². The molecule has 2 atom stereocenters. The lowest BCUT2D eigenvalue weighted by Gasteiger charge is -2.12. The van der Waals surface area contributed by atoms with Gasteiger partial charge in [-0.2, -0.15) is 10.4 Å². The average molecular weight is 367 g/mol. The number of nitrogens with one attached hydrogen (secondary N) is 2. The molecule has 9 heteroatoms. The lowest BCUT2D eigenvalue weighted by Crippen LogP contribution is -2.21. The van der Waals surface area contributed by atoms with Crippen LogP contribution in [0.15, 0.2) is 18.2 Å². The van der Waals surface area contributed by atoms with Gasteiger partial charge in [-0.1, -0.05) is 0 Å². The number of hydrogen-bond acceptors (Lipinski definition) is 6. The number of phenolic OH excluding ortho intramolecular Hbond substituents is 1. The lowest BCUT2D eigenvalue weighted by atomic mass is 9.94. The van der Waals surface area contributed by atoms with Gasteiger partial charge in [-0.25, -0.2) is 14.9 Å². The summed E-state index contributed by atoms with van der Waals surface area (Å²) in [6.45, 7) is 1.75. The molecule has 136 valence electrons. The molecule has 3 aromatic rings. The summed E-state index contributed by atoms with van der Waals surface area (Å²) >= 11 is 0. The van der Waals surface area contributed by atoms with Crippen molar-refractivity contribution in [3.63, 3.8) is 0 Å². The van der Waals surface area contributed by atoms with Gasteiger partial charge in [-0.15, -0.1) is 0 Å². The van der Waals surface area contributed by atoms with E-state index in [1.807, 2.05) is 0 Å². The van der Waals surface area contributed by atoms with Crippen LogP contribution in [0.25, 0.3) is 22.3 Å². The molecule has 1 fully saturated rings. The Labute approximate surface area is 152 Å². The van der Waals surface area contributed by atoms with Gasteiger partial charge in [-0.3, -0.25) is 15.1 Å². The molecule has 27 heavy (non-hydrogen) atoms. The van der Waals surface area contributed by atoms with Gasteiger partial charge in [0, 0.05) is 22.9 Å². The van der Waals surface area contributed by atoms with Crippen LogP contribution in [-0.2, 0) is 4.79 Å². The monoisotopic (exact) mass is 367 g/mol. The normalized spacial score (nSPS) is 18.3. The number of phenols is 1. The van der Waals surface area contributed by atoms with Gasteiger partial charge < -0.3 is 5.11 Å². The van der Waals surface area contributed by atoms with E-state index in [1.165, 1.54) is 12.1 Å². The summed E-state index contributed by atoms with van der Waals surface area (Å²) in [7, 11) is 0. The highest BCUT2D eigenvalue weighted by Gasteiger charge is 2.47. The molecule has 2 aromatic heterocycles. The zero-order valence-electron chi connectivity index (χ0n) is 14.1. The van der Waals surface area contributed by atoms with Crippen molar-refractivity contribution < 1.29 is 19.5 Å². The number of H-pyrrole nitrogens is 1. The van der Waals surface area contributed by atoms with Crippen molar-refractivity contribution in [1.29, 1.82) is 5.26 Å². The van der Waals surface area contributed by atoms with Crippen LogP contribution in [0.1, 0.15) is 29.2 Å². The Bertz CT molecular complexity index is 1130. The van der Waals surface area contributed by atoms with E-state index in [2.05, 4.69) is 21.3 Å². The zero-order valence-corrected chi connectivity index (χ0v) is 14.1. The molecule has 4 N–H and O–H groups in total. The smallest absolute Gasteiger partial charge is 0.247 e. The van der Waals surface area contributed by atoms with Crippen molar-refractivity contribution >= 4 is 16.9 Å². The van der Waals surface area contributed by atoms with E-state index in [0.29, 0.717) is 28.7 Å². The second kappa shape index (κ2) is 6.03. The van der Waals surface area contributed by atoms with Crippen molar-refractivity contribution in [3.8, 4) is 23.1 Å². The number of hydroxylamine groups is 1. The van der Waals surface area contributed by atoms with E-state index in [-0.39, 0.29) is 28.5 Å². The molecular formula is C18H14FN5O3. The fourth-order valence-corrected chi connectivity index (χ4v) is 3.51. The SMILES string of the molecule is Cc1n[nH]c2nc(-c3ccc(O)cc3F)c(C#N)c([C@@H]3C[C@H]3C(=O)NO)c12. The van der Waals surface area contributed by atoms with Crippen LogP contribution < -0.4 is 5.48 Å². The second-order valence-corrected chi connectivity index (χ2v) is 6.48. The Morgan fingerprint density at radius 1 is 1.48 bits per heavy atom. The van der Waals surface area contributed by atoms with Gasteiger partial charge in [0.15, 0.2) is 5.65 Å². The maximum atomic E-state index is 14.4. The number of pyridine rings is 1. The molecule has 0 bridgehead atoms. The van der Waals surface area contributed by atoms with Crippen molar-refractivity contribution in [2.24, 2.45) is 5.92 Å². The summed E-state index contributed by atoms with van der Waals surface area (Å²) in [4.78, 5) is 16.2. The van der Waals surface area contributed by atoms with Gasteiger partial charge in [0.25, 0.3) is 0 Å². The molecular weight excluding hydrogens is 353 g/mol. The van der Waals surface area contributed by atoms with Crippen LogP contribution in [0.3, 0.4) is 0 Å². The number of amides is 1. The number of carbonyl (C=O) groups is 1. The van der Waals surface area contributed by atoms with Crippen LogP contribution in [0.2, 0.25) is 0 Å². The molecule has 4 rings (SSSR count). The van der Waals surface area contributed by atoms with Crippen molar-refractivity contribution in [3.05, 3.63) is 40.8 Å². The Morgan fingerprint density at radius 2 is 2.26 bits per heavy atom. The third-order valence-electron chi connectivity index (χ3n) is 4.85. The zero-order chi connectivity index (χ0) is 19.3. The highest BCUT2D eigenvalue weighted by Crippen LogP contribution is 2.52. The summed E-state index contributed by atoms with van der Waals surface area (Å²) < 4.78 is 14.4. The number of aromatic hydroxyl groups is 1. The Kier molecular flexibility index (Phi) is 3.78. The Hall–Kier alpha value is -3.51. The van der Waals surface area contributed by atoms with Crippen molar-refractivity contribution in [2.45, 2.75) is 19.3 Å². The molecule has 0 aliphatic heterocycles. The lowest BCUT2D eigenvalue weighted by molar-refractivity contribution is -0.130. The van der Waals surface area contributed by atoms with E-state index < -0.39 is 17.6 Å². The summed E-state index contributed by atoms with van der Waals surface area (Å²) in [6.07, 6.45) is 0.447. The Balaban J connectivity index is 2.00. The molecule has 1 aromatic carbocycles. The summed E-state index contributed by atoms with van der Waals surface area (Å²) in [6, 6.07) is 5.68. The number of nitriles is 1. The first kappa shape index (κ1) is 16.9. The quantitative estimate of drug-likeness (QED) is 0.414. The molecule has 1 amide bonds. The number of carbonyl (C=O) groups excluding carboxylic acids is 1. The van der Waals surface area contributed by atoms with Crippen molar-refractivity contribution in [2.75, 3.05) is 0 Å². The molecule has 0 saturated heterocycles. The first-order chi connectivity index (χ1) is 13.0. The van der Waals surface area contributed by atoms with Gasteiger partial charge in [0.2, 0.25) is 5.91 Å². The highest BCUT2D eigenvalue weighted by atomic mass is 19.1. The minimum atomic E-state index is -0.721. The molecule has 2 heterocycles. The molecule has 1 aliphatic carbocycles. The minimum absolute atomic E-state index is 0.0589. The van der Waals surface area contributed by atoms with Crippen LogP contribution in [-0.4, -0.2) is 31.4 Å². The van der Waals surface area contributed by atoms with Gasteiger partial charge in [-0.05, 0) is 37.0 Å². The molecule has 1 aliphatic rings. The van der Waals surface area contributed by atoms with Crippen LogP contribution >= 0.6 is 0 Å². The number of fused-ring (bicyclic) bond motifs is 1. The van der Waals surface area contributed by atoms with Gasteiger partial charge >= 0.3 is 0 Å². The number of aromatic nitrogens is 3. The average Bonchev–Trinajstić information content (AvgIpc) is 3.36. The summed E-state index contributed by atoms with van der Waals surface area (Å²) in [5.74, 6) is -2.30. The summed E-state index contributed by atoms with van der Waals surface area (Å²) in [5, 5.41) is 35.7. The van der Waals surface area contributed by atoms with E-state index in [1.54, 1.807) is 12.4 Å². The van der Waals surface area contributed by atoms with E-state index in [4.69, 9.17) is 5.21 Å². The van der Waals surface area contributed by atoms with Gasteiger partial charge in [0.05, 0.1) is 17.0 Å². The number of rotatable bonds is 3. The summed E-state index contributed by atoms with van der Waals surface area (Å²) in [5.41, 5.74) is 3.49. The maximum absolute atomic E-state index is 14.4. The van der Waals surface area contributed by atoms with Crippen molar-refractivity contribution in [1.82, 2.24) is 20.7 Å². The number of hydrogen-bond donors (Lipinski definition) is 4. The topological polar surface area (TPSA) is 135 Å². The first-order valence-electron chi connectivity index (χ1n) is 8.17. The molecule has 8 nitrogen and oxygen atoms in total. The molecule has 0 unspecified atom stereocenters. The molecule has 0 radical (unpaired) electrons. The van der Waals surface area contributed by atoms with E-state index >= 15 is 0 Å². The standard InChI is InChI=1S/C18H14FN5O3/c1-7-14-15(10-5-11(10)18(26)24-27)12(6-20)16(21-17(14)23-22-7)9-3-2-8(25)4-13(9)19/h2-4,10-11,25,27H,5H2,1H3,(H,24,26)(H,21,22,23)/t10-,11-/m1/s1. The first-order valence-corrected chi connectivity index (χ1v) is 8.17. The van der Waals surface area contributed by atoms with Gasteiger partial charge in [0.1, 0.15) is 17.6 Å². The maximum Gasteiger partial charge on any atom is 0.247 e. The number of nitrogens with zero attached hydrogens (tertiary/aromatic N) is 3. The van der Waals surface area contributed by atoms with Crippen LogP contribution in [0, 0.1) is 30.0 Å². The van der Waals surface area contributed by atoms with Crippen LogP contribution in [0.5, 0.6) is 5.75 Å². The number of aryl methyl sites for hydroxylation is 1. The van der Waals surface area contributed by atoms with E-state index in [9.17, 15) is 19.6 Å². The van der Waals surface area contributed by atoms with E-state index in [0.717, 1.165) is 6.07 Å². The Morgan fingerprint density at radius 3 is 2.93 bits per heavy atom. The third-order valence-corrected chi connectivity index (χ3v) is 4.85. The third kappa shape index (κ3) is 2.58. The largest absolute Gasteiger partial charge is 0.508 e. The molecule has 0 spiro atoms. The number of aromatic amines is 1. The predicted molar refractivity (Wildman–Crippen MR) is 91.2 cm³/mol. The highest BCUT2D eigenvalue weighted by molar-refractivity contribution is 5.92. The minimum Gasteiger partial charge on any atom is -0.508 e. The fourth-order valence-electron chi connectivity index (χ4n) is 3.51. The predicted octanol–water partition coefficient (Wildman–Crippen LogP) is 2.26. The molecule has 1 saturated carbocycles. The number of benzene rings is 1. The second-order valence-electron chi connectivity index (χ2n) is 6.48. The fraction of sp³-hybridized carbons (Fsp3) is 0.222.